The van der Waals surface area contributed by atoms with E-state index in [4.69, 9.17) is 9.47 Å². The lowest BCUT2D eigenvalue weighted by molar-refractivity contribution is -0.136. The minimum atomic E-state index is -0.515. The van der Waals surface area contributed by atoms with Crippen molar-refractivity contribution in [3.63, 3.8) is 0 Å². The van der Waals surface area contributed by atoms with E-state index in [1.807, 2.05) is 34.6 Å². The Morgan fingerprint density at radius 2 is 1.90 bits per heavy atom. The molecule has 20 heavy (non-hydrogen) atoms. The number of ether oxygens (including phenoxy) is 2. The predicted molar refractivity (Wildman–Crippen MR) is 75.4 cm³/mol. The summed E-state index contributed by atoms with van der Waals surface area (Å²) in [7, 11) is 0. The molecule has 0 aromatic rings. The van der Waals surface area contributed by atoms with Gasteiger partial charge in [-0.3, -0.25) is 4.79 Å². The van der Waals surface area contributed by atoms with Gasteiger partial charge in [-0.05, 0) is 47.5 Å². The summed E-state index contributed by atoms with van der Waals surface area (Å²) < 4.78 is 10.7. The summed E-state index contributed by atoms with van der Waals surface area (Å²) in [6, 6.07) is -0.00309. The number of hydrogen-bond acceptors (Lipinski definition) is 4. The van der Waals surface area contributed by atoms with E-state index in [0.717, 1.165) is 0 Å². The van der Waals surface area contributed by atoms with Crippen molar-refractivity contribution in [1.82, 2.24) is 10.6 Å². The molecule has 0 unspecified atom stereocenters. The highest BCUT2D eigenvalue weighted by Crippen LogP contribution is 2.15. The number of nitrogens with one attached hydrogen (secondary N) is 2. The summed E-state index contributed by atoms with van der Waals surface area (Å²) in [6.07, 6.45) is 0.430. The van der Waals surface area contributed by atoms with Crippen LogP contribution in [0.1, 0.15) is 47.5 Å². The molecule has 2 amide bonds. The van der Waals surface area contributed by atoms with E-state index in [0.29, 0.717) is 19.4 Å². The normalized spacial score (nSPS) is 23.3. The second-order valence-electron chi connectivity index (χ2n) is 6.41. The quantitative estimate of drug-likeness (QED) is 0.826. The van der Waals surface area contributed by atoms with Crippen molar-refractivity contribution < 1.29 is 19.1 Å². The molecule has 0 spiro atoms. The van der Waals surface area contributed by atoms with Gasteiger partial charge in [0.05, 0.1) is 12.6 Å². The van der Waals surface area contributed by atoms with Crippen LogP contribution >= 0.6 is 0 Å². The van der Waals surface area contributed by atoms with Crippen molar-refractivity contribution in [3.05, 3.63) is 0 Å². The van der Waals surface area contributed by atoms with Gasteiger partial charge in [-0.15, -0.1) is 0 Å². The molecule has 2 N–H and O–H groups in total. The van der Waals surface area contributed by atoms with Crippen LogP contribution < -0.4 is 10.6 Å². The summed E-state index contributed by atoms with van der Waals surface area (Å²) in [6.45, 7) is 9.60. The number of carbonyl (C=O) groups is 2. The second kappa shape index (κ2) is 6.92. The molecule has 1 aliphatic heterocycles. The van der Waals surface area contributed by atoms with Gasteiger partial charge < -0.3 is 20.1 Å². The van der Waals surface area contributed by atoms with Gasteiger partial charge in [-0.25, -0.2) is 4.79 Å². The first-order valence-electron chi connectivity index (χ1n) is 7.09. The number of alkyl carbamates (subject to hydrolysis) is 1. The van der Waals surface area contributed by atoms with Crippen LogP contribution in [-0.4, -0.2) is 42.4 Å². The zero-order valence-corrected chi connectivity index (χ0v) is 13.0. The Hall–Kier alpha value is -1.30. The molecule has 2 atom stereocenters. The van der Waals surface area contributed by atoms with Crippen molar-refractivity contribution in [2.75, 3.05) is 6.61 Å². The zero-order valence-electron chi connectivity index (χ0n) is 13.0. The van der Waals surface area contributed by atoms with Gasteiger partial charge in [0.15, 0.2) is 0 Å². The number of hydrogen-bond donors (Lipinski definition) is 2. The Morgan fingerprint density at radius 3 is 2.35 bits per heavy atom. The van der Waals surface area contributed by atoms with Gasteiger partial charge in [0, 0.05) is 6.04 Å². The Bertz CT molecular complexity index is 342. The Labute approximate surface area is 120 Å². The molecule has 0 saturated carbocycles. The van der Waals surface area contributed by atoms with E-state index >= 15 is 0 Å². The van der Waals surface area contributed by atoms with Crippen LogP contribution in [0.2, 0.25) is 0 Å². The van der Waals surface area contributed by atoms with Gasteiger partial charge in [-0.2, -0.15) is 0 Å². The van der Waals surface area contributed by atoms with Crippen LogP contribution in [0.25, 0.3) is 0 Å². The fourth-order valence-electron chi connectivity index (χ4n) is 1.92. The SMILES string of the molecule is CC(C)NC(=O)[C@@H]1CC[C@@H](NC(=O)OC(C)(C)C)CO1. The molecule has 0 aliphatic carbocycles. The first-order valence-corrected chi connectivity index (χ1v) is 7.09. The predicted octanol–water partition coefficient (Wildman–Crippen LogP) is 1.58. The van der Waals surface area contributed by atoms with Gasteiger partial charge >= 0.3 is 6.09 Å². The molecule has 6 nitrogen and oxygen atoms in total. The van der Waals surface area contributed by atoms with Crippen molar-refractivity contribution in [2.45, 2.75) is 71.2 Å². The van der Waals surface area contributed by atoms with E-state index in [1.165, 1.54) is 0 Å². The fourth-order valence-corrected chi connectivity index (χ4v) is 1.92. The molecule has 0 aromatic heterocycles. The molecular formula is C14H26N2O4. The Morgan fingerprint density at radius 1 is 1.25 bits per heavy atom. The molecule has 0 aromatic carbocycles. The van der Waals surface area contributed by atoms with E-state index < -0.39 is 17.8 Å². The highest BCUT2D eigenvalue weighted by atomic mass is 16.6. The molecule has 116 valence electrons. The lowest BCUT2D eigenvalue weighted by atomic mass is 10.0. The topological polar surface area (TPSA) is 76.7 Å². The van der Waals surface area contributed by atoms with Crippen LogP contribution in [0.3, 0.4) is 0 Å². The van der Waals surface area contributed by atoms with E-state index in [-0.39, 0.29) is 18.0 Å². The number of amides is 2. The minimum Gasteiger partial charge on any atom is -0.444 e. The Kier molecular flexibility index (Phi) is 5.80. The third-order valence-corrected chi connectivity index (χ3v) is 2.72. The second-order valence-corrected chi connectivity index (χ2v) is 6.41. The van der Waals surface area contributed by atoms with Gasteiger partial charge in [0.2, 0.25) is 5.91 Å². The first kappa shape index (κ1) is 16.8. The van der Waals surface area contributed by atoms with Crippen LogP contribution in [0.5, 0.6) is 0 Å². The van der Waals surface area contributed by atoms with E-state index in [1.54, 1.807) is 0 Å². The summed E-state index contributed by atoms with van der Waals surface area (Å²) in [4.78, 5) is 23.4. The molecule has 1 heterocycles. The first-order chi connectivity index (χ1) is 9.17. The van der Waals surface area contributed by atoms with E-state index in [9.17, 15) is 9.59 Å². The summed E-state index contributed by atoms with van der Waals surface area (Å²) in [5, 5.41) is 5.58. The molecule has 1 saturated heterocycles. The van der Waals surface area contributed by atoms with Crippen molar-refractivity contribution in [2.24, 2.45) is 0 Å². The minimum absolute atomic E-state index is 0.0873. The average Bonchev–Trinajstić information content (AvgIpc) is 2.26. The third kappa shape index (κ3) is 6.23. The number of carbonyl (C=O) groups excluding carboxylic acids is 2. The smallest absolute Gasteiger partial charge is 0.407 e. The maximum atomic E-state index is 11.8. The standard InChI is InChI=1S/C14H26N2O4/c1-9(2)15-12(17)11-7-6-10(8-19-11)16-13(18)20-14(3,4)5/h9-11H,6-8H2,1-5H3,(H,15,17)(H,16,18)/t10-,11+/m1/s1. The number of rotatable bonds is 3. The maximum Gasteiger partial charge on any atom is 0.407 e. The lowest BCUT2D eigenvalue weighted by Gasteiger charge is -2.30. The third-order valence-electron chi connectivity index (χ3n) is 2.72. The average molecular weight is 286 g/mol. The van der Waals surface area contributed by atoms with E-state index in [2.05, 4.69) is 10.6 Å². The largest absolute Gasteiger partial charge is 0.444 e. The molecule has 1 aliphatic rings. The highest BCUT2D eigenvalue weighted by molar-refractivity contribution is 5.81. The van der Waals surface area contributed by atoms with Gasteiger partial charge in [0.1, 0.15) is 11.7 Å². The van der Waals surface area contributed by atoms with Crippen LogP contribution in [0.4, 0.5) is 4.79 Å². The zero-order chi connectivity index (χ0) is 15.3. The monoisotopic (exact) mass is 286 g/mol. The lowest BCUT2D eigenvalue weighted by Crippen LogP contribution is -2.49. The molecule has 6 heteroatoms. The summed E-state index contributed by atoms with van der Waals surface area (Å²) in [5.74, 6) is -0.0873. The van der Waals surface area contributed by atoms with Crippen molar-refractivity contribution >= 4 is 12.0 Å². The van der Waals surface area contributed by atoms with Crippen LogP contribution in [0, 0.1) is 0 Å². The molecular weight excluding hydrogens is 260 g/mol. The van der Waals surface area contributed by atoms with Crippen LogP contribution in [0.15, 0.2) is 0 Å². The summed E-state index contributed by atoms with van der Waals surface area (Å²) in [5.41, 5.74) is -0.515. The maximum absolute atomic E-state index is 11.8. The van der Waals surface area contributed by atoms with Crippen molar-refractivity contribution in [3.8, 4) is 0 Å². The van der Waals surface area contributed by atoms with Gasteiger partial charge in [-0.1, -0.05) is 0 Å². The fraction of sp³-hybridized carbons (Fsp3) is 0.857. The highest BCUT2D eigenvalue weighted by Gasteiger charge is 2.29. The van der Waals surface area contributed by atoms with Crippen molar-refractivity contribution in [1.29, 1.82) is 0 Å². The molecule has 1 fully saturated rings. The van der Waals surface area contributed by atoms with Gasteiger partial charge in [0.25, 0.3) is 0 Å². The van der Waals surface area contributed by atoms with Crippen LogP contribution in [-0.2, 0) is 14.3 Å². The molecule has 0 bridgehead atoms. The molecule has 0 radical (unpaired) electrons. The Balaban J connectivity index is 2.32. The molecule has 1 rings (SSSR count). The summed E-state index contributed by atoms with van der Waals surface area (Å²) >= 11 is 0.